The van der Waals surface area contributed by atoms with E-state index in [0.717, 1.165) is 43.5 Å². The van der Waals surface area contributed by atoms with Crippen LogP contribution in [0, 0.1) is 0 Å². The number of aliphatic hydroxyl groups is 2. The van der Waals surface area contributed by atoms with Gasteiger partial charge in [0.15, 0.2) is 23.2 Å². The number of benzene rings is 1. The molecular formula is C31H43NO9. The number of carbonyl (C=O) groups excluding carboxylic acids is 2. The molecule has 1 unspecified atom stereocenters. The molecule has 1 aromatic rings. The molecule has 0 bridgehead atoms. The highest BCUT2D eigenvalue weighted by atomic mass is 16.7. The second-order valence-corrected chi connectivity index (χ2v) is 12.7. The van der Waals surface area contributed by atoms with Gasteiger partial charge in [-0.1, -0.05) is 0 Å². The fourth-order valence-corrected chi connectivity index (χ4v) is 6.94. The van der Waals surface area contributed by atoms with Gasteiger partial charge in [-0.15, -0.1) is 0 Å². The summed E-state index contributed by atoms with van der Waals surface area (Å²) in [5.41, 5.74) is -1.45. The molecule has 10 heteroatoms. The van der Waals surface area contributed by atoms with E-state index in [0.29, 0.717) is 30.1 Å². The van der Waals surface area contributed by atoms with E-state index < -0.39 is 47.3 Å². The summed E-state index contributed by atoms with van der Waals surface area (Å²) in [6.45, 7) is 8.64. The van der Waals surface area contributed by atoms with Crippen LogP contribution in [0.4, 0.5) is 0 Å². The van der Waals surface area contributed by atoms with Crippen molar-refractivity contribution in [2.24, 2.45) is 0 Å². The van der Waals surface area contributed by atoms with Crippen molar-refractivity contribution in [2.45, 2.75) is 108 Å². The summed E-state index contributed by atoms with van der Waals surface area (Å²) in [5.74, 6) is -0.0295. The van der Waals surface area contributed by atoms with Gasteiger partial charge in [0, 0.05) is 6.54 Å². The summed E-state index contributed by atoms with van der Waals surface area (Å²) in [7, 11) is 1.56. The molecule has 1 spiro atoms. The van der Waals surface area contributed by atoms with E-state index >= 15 is 0 Å². The fourth-order valence-electron chi connectivity index (χ4n) is 6.94. The van der Waals surface area contributed by atoms with Gasteiger partial charge in [0.05, 0.1) is 36.7 Å². The smallest absolute Gasteiger partial charge is 0.339 e. The van der Waals surface area contributed by atoms with Crippen LogP contribution in [-0.2, 0) is 30.2 Å². The molecule has 3 heterocycles. The molecule has 5 rings (SSSR count). The standard InChI is InChI=1S/C31H43NO9/c1-19(2)40-25(33)17-31(36,11-6-9-29(3,4)35)28(34)41-27-24(37-5)16-30-10-7-12-32(30)13-8-20-14-22-23(39-18-38-22)15-21(20)26(27)30/h14-16,19,26-27,35-36H,6-13,17-18H2,1-5H3/t26-,27?,30-,31+/m1/s1. The Balaban J connectivity index is 1.49. The zero-order valence-corrected chi connectivity index (χ0v) is 24.7. The van der Waals surface area contributed by atoms with Gasteiger partial charge in [0.1, 0.15) is 5.76 Å². The summed E-state index contributed by atoms with van der Waals surface area (Å²) in [4.78, 5) is 29.0. The molecule has 0 radical (unpaired) electrons. The van der Waals surface area contributed by atoms with Crippen molar-refractivity contribution < 1.29 is 43.5 Å². The molecule has 41 heavy (non-hydrogen) atoms. The summed E-state index contributed by atoms with van der Waals surface area (Å²) < 4.78 is 28.7. The van der Waals surface area contributed by atoms with E-state index in [4.69, 9.17) is 23.7 Å². The zero-order chi connectivity index (χ0) is 29.6. The predicted octanol–water partition coefficient (Wildman–Crippen LogP) is 3.36. The van der Waals surface area contributed by atoms with Crippen LogP contribution in [0.1, 0.15) is 83.3 Å². The van der Waals surface area contributed by atoms with Crippen LogP contribution in [0.2, 0.25) is 0 Å². The molecule has 10 nitrogen and oxygen atoms in total. The van der Waals surface area contributed by atoms with Gasteiger partial charge < -0.3 is 33.9 Å². The van der Waals surface area contributed by atoms with E-state index in [1.165, 1.54) is 0 Å². The number of carbonyl (C=O) groups is 2. The zero-order valence-electron chi connectivity index (χ0n) is 24.7. The number of fused-ring (bicyclic) bond motifs is 3. The van der Waals surface area contributed by atoms with E-state index in [-0.39, 0.29) is 19.1 Å². The minimum atomic E-state index is -2.14. The van der Waals surface area contributed by atoms with Crippen LogP contribution in [0.5, 0.6) is 11.5 Å². The van der Waals surface area contributed by atoms with Crippen molar-refractivity contribution in [2.75, 3.05) is 27.0 Å². The summed E-state index contributed by atoms with van der Waals surface area (Å²) >= 11 is 0. The van der Waals surface area contributed by atoms with E-state index in [1.807, 2.05) is 12.1 Å². The Morgan fingerprint density at radius 1 is 1.15 bits per heavy atom. The Kier molecular flexibility index (Phi) is 8.04. The van der Waals surface area contributed by atoms with Gasteiger partial charge in [-0.2, -0.15) is 0 Å². The van der Waals surface area contributed by atoms with Gasteiger partial charge >= 0.3 is 11.9 Å². The Morgan fingerprint density at radius 2 is 1.88 bits per heavy atom. The summed E-state index contributed by atoms with van der Waals surface area (Å²) in [5, 5.41) is 21.9. The maximum Gasteiger partial charge on any atom is 0.339 e. The lowest BCUT2D eigenvalue weighted by molar-refractivity contribution is -0.180. The molecule has 0 amide bonds. The van der Waals surface area contributed by atoms with Crippen LogP contribution in [-0.4, -0.2) is 83.0 Å². The van der Waals surface area contributed by atoms with Crippen LogP contribution < -0.4 is 9.47 Å². The molecule has 226 valence electrons. The molecular weight excluding hydrogens is 530 g/mol. The van der Waals surface area contributed by atoms with Gasteiger partial charge in [-0.3, -0.25) is 9.69 Å². The summed E-state index contributed by atoms with van der Waals surface area (Å²) in [6, 6.07) is 4.01. The third-order valence-corrected chi connectivity index (χ3v) is 8.76. The molecule has 2 N–H and O–H groups in total. The van der Waals surface area contributed by atoms with E-state index in [1.54, 1.807) is 34.8 Å². The first-order chi connectivity index (χ1) is 19.3. The lowest BCUT2D eigenvalue weighted by Gasteiger charge is -2.39. The number of methoxy groups -OCH3 is 1. The second-order valence-electron chi connectivity index (χ2n) is 12.7. The lowest BCUT2D eigenvalue weighted by Crippen LogP contribution is -2.49. The largest absolute Gasteiger partial charge is 0.497 e. The van der Waals surface area contributed by atoms with Gasteiger partial charge in [-0.05, 0) is 102 Å². The SMILES string of the molecule is COC1=C[C@@]23CCCN2CCc2cc4c(cc2[C@@H]3C1OC(=O)[C@](O)(CCCC(C)(C)O)CC(=O)OC(C)C)OCO4. The average Bonchev–Trinajstić information content (AvgIpc) is 3.56. The fraction of sp³-hybridized carbons (Fsp3) is 0.677. The van der Waals surface area contributed by atoms with Crippen molar-refractivity contribution in [1.29, 1.82) is 0 Å². The topological polar surface area (TPSA) is 124 Å². The van der Waals surface area contributed by atoms with Crippen molar-refractivity contribution in [1.82, 2.24) is 4.90 Å². The third-order valence-electron chi connectivity index (χ3n) is 8.76. The Bertz CT molecular complexity index is 1200. The van der Waals surface area contributed by atoms with Gasteiger partial charge in [0.2, 0.25) is 6.79 Å². The quantitative estimate of drug-likeness (QED) is 0.403. The van der Waals surface area contributed by atoms with Crippen LogP contribution in [0.3, 0.4) is 0 Å². The second kappa shape index (κ2) is 11.1. The molecule has 0 aromatic heterocycles. The predicted molar refractivity (Wildman–Crippen MR) is 148 cm³/mol. The minimum absolute atomic E-state index is 0.0705. The highest BCUT2D eigenvalue weighted by Crippen LogP contribution is 2.55. The molecule has 0 saturated carbocycles. The molecule has 4 aliphatic rings. The maximum atomic E-state index is 13.9. The van der Waals surface area contributed by atoms with Crippen LogP contribution in [0.15, 0.2) is 24.0 Å². The molecule has 1 aromatic carbocycles. The highest BCUT2D eigenvalue weighted by Gasteiger charge is 2.59. The van der Waals surface area contributed by atoms with E-state index in [9.17, 15) is 19.8 Å². The average molecular weight is 574 g/mol. The first kappa shape index (κ1) is 29.7. The number of hydrogen-bond acceptors (Lipinski definition) is 10. The van der Waals surface area contributed by atoms with Crippen molar-refractivity contribution in [3.8, 4) is 11.5 Å². The summed E-state index contributed by atoms with van der Waals surface area (Å²) in [6.07, 6.45) is 3.53. The number of esters is 2. The Labute approximate surface area is 241 Å². The van der Waals surface area contributed by atoms with Crippen molar-refractivity contribution >= 4 is 11.9 Å². The third kappa shape index (κ3) is 5.79. The number of nitrogens with zero attached hydrogens (tertiary/aromatic N) is 1. The molecule has 1 fully saturated rings. The molecule has 1 saturated heterocycles. The normalized spacial score (nSPS) is 26.4. The first-order valence-electron chi connectivity index (χ1n) is 14.6. The minimum Gasteiger partial charge on any atom is -0.497 e. The van der Waals surface area contributed by atoms with Crippen molar-refractivity contribution in [3.63, 3.8) is 0 Å². The highest BCUT2D eigenvalue weighted by molar-refractivity contribution is 5.86. The van der Waals surface area contributed by atoms with E-state index in [2.05, 4.69) is 11.0 Å². The Hall–Kier alpha value is -2.82. The lowest BCUT2D eigenvalue weighted by atomic mass is 9.77. The van der Waals surface area contributed by atoms with Crippen LogP contribution >= 0.6 is 0 Å². The van der Waals surface area contributed by atoms with Crippen LogP contribution in [0.25, 0.3) is 0 Å². The number of ether oxygens (including phenoxy) is 5. The number of rotatable bonds is 10. The monoisotopic (exact) mass is 573 g/mol. The van der Waals surface area contributed by atoms with Gasteiger partial charge in [0.25, 0.3) is 0 Å². The molecule has 3 aliphatic heterocycles. The Morgan fingerprint density at radius 3 is 2.56 bits per heavy atom. The van der Waals surface area contributed by atoms with Gasteiger partial charge in [-0.25, -0.2) is 4.79 Å². The maximum absolute atomic E-state index is 13.9. The first-order valence-corrected chi connectivity index (χ1v) is 14.6. The molecule has 1 aliphatic carbocycles. The molecule has 4 atom stereocenters. The van der Waals surface area contributed by atoms with Crippen molar-refractivity contribution in [3.05, 3.63) is 35.1 Å². The number of hydrogen-bond donors (Lipinski definition) is 2.